The molecule has 0 unspecified atom stereocenters. The molecule has 1 fully saturated rings. The van der Waals surface area contributed by atoms with E-state index < -0.39 is 0 Å². The molecule has 0 aromatic carbocycles. The molecule has 3 heteroatoms. The summed E-state index contributed by atoms with van der Waals surface area (Å²) in [6.45, 7) is 6.38. The molecule has 0 atom stereocenters. The van der Waals surface area contributed by atoms with Crippen LogP contribution >= 0.6 is 0 Å². The molecule has 1 N–H and O–H groups in total. The molecule has 1 heterocycles. The van der Waals surface area contributed by atoms with Crippen LogP contribution in [0.3, 0.4) is 0 Å². The quantitative estimate of drug-likeness (QED) is 0.528. The molecule has 52 valence electrons. The molecule has 2 nitrogen and oxygen atoms in total. The zero-order valence-corrected chi connectivity index (χ0v) is 6.18. The fourth-order valence-electron chi connectivity index (χ4n) is 1.01. The van der Waals surface area contributed by atoms with E-state index in [1.54, 1.807) is 0 Å². The van der Waals surface area contributed by atoms with Gasteiger partial charge in [0.05, 0.1) is 0 Å². The lowest BCUT2D eigenvalue weighted by Crippen LogP contribution is -2.44. The van der Waals surface area contributed by atoms with E-state index in [9.17, 15) is 0 Å². The summed E-state index contributed by atoms with van der Waals surface area (Å²) in [4.78, 5) is 0. The van der Waals surface area contributed by atoms with Crippen molar-refractivity contribution in [2.45, 2.75) is 26.1 Å². The first-order chi connectivity index (χ1) is 4.30. The SMILES string of the molecule is CC(C)B1NCCCO1. The Morgan fingerprint density at radius 2 is 2.33 bits per heavy atom. The summed E-state index contributed by atoms with van der Waals surface area (Å²) in [6, 6.07) is 0. The third-order valence-electron chi connectivity index (χ3n) is 1.57. The van der Waals surface area contributed by atoms with Crippen molar-refractivity contribution >= 4 is 7.05 Å². The van der Waals surface area contributed by atoms with Crippen molar-refractivity contribution in [3.05, 3.63) is 0 Å². The second-order valence-corrected chi connectivity index (χ2v) is 2.84. The molecular weight excluding hydrogens is 113 g/mol. The van der Waals surface area contributed by atoms with E-state index in [0.717, 1.165) is 19.6 Å². The first-order valence-corrected chi connectivity index (χ1v) is 3.65. The standard InChI is InChI=1S/C6H14BNO/c1-6(2)7-8-4-3-5-9-7/h6,8H,3-5H2,1-2H3. The van der Waals surface area contributed by atoms with Crippen LogP contribution in [0.25, 0.3) is 0 Å². The zero-order valence-electron chi connectivity index (χ0n) is 6.18. The highest BCUT2D eigenvalue weighted by atomic mass is 16.4. The topological polar surface area (TPSA) is 21.3 Å². The van der Waals surface area contributed by atoms with Gasteiger partial charge in [-0.1, -0.05) is 13.8 Å². The van der Waals surface area contributed by atoms with E-state index in [1.807, 2.05) is 0 Å². The van der Waals surface area contributed by atoms with E-state index in [4.69, 9.17) is 4.65 Å². The third-order valence-corrected chi connectivity index (χ3v) is 1.57. The molecule has 9 heavy (non-hydrogen) atoms. The van der Waals surface area contributed by atoms with Gasteiger partial charge in [-0.25, -0.2) is 0 Å². The average molecular weight is 127 g/mol. The molecule has 1 aliphatic heterocycles. The van der Waals surface area contributed by atoms with Crippen LogP contribution in [0.1, 0.15) is 20.3 Å². The van der Waals surface area contributed by atoms with Crippen LogP contribution in [0.5, 0.6) is 0 Å². The van der Waals surface area contributed by atoms with Gasteiger partial charge in [-0.15, -0.1) is 0 Å². The minimum atomic E-state index is 0.304. The average Bonchev–Trinajstić information content (AvgIpc) is 1.90. The maximum atomic E-state index is 5.43. The van der Waals surface area contributed by atoms with Gasteiger partial charge in [0, 0.05) is 6.61 Å². The Hall–Kier alpha value is -0.0151. The molecule has 0 amide bonds. The van der Waals surface area contributed by atoms with Crippen molar-refractivity contribution in [3.8, 4) is 0 Å². The monoisotopic (exact) mass is 127 g/mol. The van der Waals surface area contributed by atoms with Crippen LogP contribution in [0.15, 0.2) is 0 Å². The minimum absolute atomic E-state index is 0.304. The van der Waals surface area contributed by atoms with E-state index in [-0.39, 0.29) is 0 Å². The minimum Gasteiger partial charge on any atom is -0.421 e. The van der Waals surface area contributed by atoms with Crippen LogP contribution in [0.2, 0.25) is 5.82 Å². The maximum absolute atomic E-state index is 5.43. The first-order valence-electron chi connectivity index (χ1n) is 3.65. The first kappa shape index (κ1) is 7.10. The number of hydrogen-bond acceptors (Lipinski definition) is 2. The Morgan fingerprint density at radius 1 is 1.56 bits per heavy atom. The van der Waals surface area contributed by atoms with Crippen LogP contribution in [0.4, 0.5) is 0 Å². The highest BCUT2D eigenvalue weighted by molar-refractivity contribution is 6.50. The lowest BCUT2D eigenvalue weighted by molar-refractivity contribution is 0.273. The Balaban J connectivity index is 2.23. The van der Waals surface area contributed by atoms with Crippen molar-refractivity contribution in [2.24, 2.45) is 0 Å². The fourth-order valence-corrected chi connectivity index (χ4v) is 1.01. The van der Waals surface area contributed by atoms with Gasteiger partial charge in [0.25, 0.3) is 0 Å². The fraction of sp³-hybridized carbons (Fsp3) is 1.00. The van der Waals surface area contributed by atoms with Gasteiger partial charge in [-0.05, 0) is 18.8 Å². The summed E-state index contributed by atoms with van der Waals surface area (Å²) in [5.74, 6) is 0.602. The van der Waals surface area contributed by atoms with E-state index in [1.165, 1.54) is 0 Å². The number of nitrogens with one attached hydrogen (secondary N) is 1. The smallest absolute Gasteiger partial charge is 0.382 e. The Morgan fingerprint density at radius 3 is 2.67 bits per heavy atom. The molecule has 0 aromatic rings. The summed E-state index contributed by atoms with van der Waals surface area (Å²) in [5.41, 5.74) is 0. The zero-order chi connectivity index (χ0) is 6.69. The highest BCUT2D eigenvalue weighted by Crippen LogP contribution is 2.08. The molecule has 1 saturated heterocycles. The molecule has 0 saturated carbocycles. The van der Waals surface area contributed by atoms with Crippen molar-refractivity contribution in [1.29, 1.82) is 0 Å². The number of rotatable bonds is 1. The normalized spacial score (nSPS) is 21.0. The number of hydrogen-bond donors (Lipinski definition) is 1. The van der Waals surface area contributed by atoms with Gasteiger partial charge in [0.2, 0.25) is 0 Å². The lowest BCUT2D eigenvalue weighted by atomic mass is 9.68. The predicted octanol–water partition coefficient (Wildman–Crippen LogP) is 0.894. The van der Waals surface area contributed by atoms with Crippen LogP contribution in [-0.2, 0) is 4.65 Å². The Kier molecular flexibility index (Phi) is 2.55. The highest BCUT2D eigenvalue weighted by Gasteiger charge is 2.22. The van der Waals surface area contributed by atoms with Crippen LogP contribution < -0.4 is 5.23 Å². The Labute approximate surface area is 57.1 Å². The molecular formula is C6H14BNO. The molecule has 1 aliphatic rings. The van der Waals surface area contributed by atoms with E-state index in [0.29, 0.717) is 12.9 Å². The summed E-state index contributed by atoms with van der Waals surface area (Å²) >= 11 is 0. The van der Waals surface area contributed by atoms with Crippen molar-refractivity contribution in [3.63, 3.8) is 0 Å². The van der Waals surface area contributed by atoms with E-state index >= 15 is 0 Å². The predicted molar refractivity (Wildman–Crippen MR) is 39.4 cm³/mol. The lowest BCUT2D eigenvalue weighted by Gasteiger charge is -2.22. The second-order valence-electron chi connectivity index (χ2n) is 2.84. The van der Waals surface area contributed by atoms with E-state index in [2.05, 4.69) is 19.1 Å². The largest absolute Gasteiger partial charge is 0.421 e. The van der Waals surface area contributed by atoms with Crippen LogP contribution in [0, 0.1) is 0 Å². The van der Waals surface area contributed by atoms with Crippen molar-refractivity contribution < 1.29 is 4.65 Å². The van der Waals surface area contributed by atoms with Gasteiger partial charge < -0.3 is 9.88 Å². The molecule has 0 spiro atoms. The molecule has 0 bridgehead atoms. The van der Waals surface area contributed by atoms with Crippen molar-refractivity contribution in [2.75, 3.05) is 13.2 Å². The third kappa shape index (κ3) is 1.99. The molecule has 1 rings (SSSR count). The summed E-state index contributed by atoms with van der Waals surface area (Å²) in [7, 11) is 0.304. The van der Waals surface area contributed by atoms with Crippen molar-refractivity contribution in [1.82, 2.24) is 5.23 Å². The van der Waals surface area contributed by atoms with Gasteiger partial charge >= 0.3 is 7.05 Å². The second kappa shape index (κ2) is 3.23. The molecule has 0 radical (unpaired) electrons. The maximum Gasteiger partial charge on any atom is 0.382 e. The van der Waals surface area contributed by atoms with Gasteiger partial charge in [0.1, 0.15) is 0 Å². The Bertz CT molecular complexity index is 81.1. The summed E-state index contributed by atoms with van der Waals surface area (Å²) in [5, 5.41) is 3.30. The van der Waals surface area contributed by atoms with Gasteiger partial charge in [-0.2, -0.15) is 0 Å². The molecule has 0 aromatic heterocycles. The summed E-state index contributed by atoms with van der Waals surface area (Å²) in [6.07, 6.45) is 1.16. The van der Waals surface area contributed by atoms with Gasteiger partial charge in [0.15, 0.2) is 0 Å². The summed E-state index contributed by atoms with van der Waals surface area (Å²) < 4.78 is 5.43. The van der Waals surface area contributed by atoms with Crippen LogP contribution in [-0.4, -0.2) is 20.2 Å². The van der Waals surface area contributed by atoms with Gasteiger partial charge in [-0.3, -0.25) is 0 Å². The molecule has 0 aliphatic carbocycles.